The number of amides is 2. The predicted molar refractivity (Wildman–Crippen MR) is 82.6 cm³/mol. The highest BCUT2D eigenvalue weighted by atomic mass is 79.9. The van der Waals surface area contributed by atoms with E-state index in [1.807, 2.05) is 29.0 Å². The summed E-state index contributed by atoms with van der Waals surface area (Å²) >= 11 is 3.46. The van der Waals surface area contributed by atoms with E-state index in [0.717, 1.165) is 36.9 Å². The zero-order chi connectivity index (χ0) is 14.1. The second-order valence-corrected chi connectivity index (χ2v) is 6.53. The van der Waals surface area contributed by atoms with Crippen LogP contribution < -0.4 is 5.32 Å². The molecule has 2 aliphatic rings. The minimum absolute atomic E-state index is 0.159. The number of benzene rings is 1. The Labute approximate surface area is 128 Å². The third-order valence-electron chi connectivity index (χ3n) is 4.35. The van der Waals surface area contributed by atoms with Gasteiger partial charge < -0.3 is 15.1 Å². The van der Waals surface area contributed by atoms with Gasteiger partial charge in [0.25, 0.3) is 0 Å². The number of carbonyl (C=O) groups is 1. The maximum absolute atomic E-state index is 12.5. The van der Waals surface area contributed by atoms with Crippen molar-refractivity contribution in [1.82, 2.24) is 15.1 Å². The van der Waals surface area contributed by atoms with Crippen molar-refractivity contribution in [3.05, 3.63) is 34.3 Å². The van der Waals surface area contributed by atoms with E-state index in [2.05, 4.69) is 33.4 Å². The molecule has 108 valence electrons. The van der Waals surface area contributed by atoms with Gasteiger partial charge in [0.2, 0.25) is 0 Å². The molecule has 20 heavy (non-hydrogen) atoms. The lowest BCUT2D eigenvalue weighted by molar-refractivity contribution is 0.171. The fourth-order valence-electron chi connectivity index (χ4n) is 3.14. The molecule has 2 atom stereocenters. The Morgan fingerprint density at radius 3 is 2.70 bits per heavy atom. The van der Waals surface area contributed by atoms with Gasteiger partial charge >= 0.3 is 6.03 Å². The van der Waals surface area contributed by atoms with E-state index in [1.54, 1.807) is 0 Å². The molecule has 3 rings (SSSR count). The van der Waals surface area contributed by atoms with Crippen molar-refractivity contribution in [3.8, 4) is 0 Å². The lowest BCUT2D eigenvalue weighted by Gasteiger charge is -2.30. The minimum Gasteiger partial charge on any atom is -0.319 e. The van der Waals surface area contributed by atoms with Crippen LogP contribution >= 0.6 is 15.9 Å². The summed E-state index contributed by atoms with van der Waals surface area (Å²) in [6.07, 6.45) is 2.26. The van der Waals surface area contributed by atoms with Crippen LogP contribution in [0.2, 0.25) is 0 Å². The number of halogens is 1. The first-order valence-electron chi connectivity index (χ1n) is 7.16. The van der Waals surface area contributed by atoms with Crippen molar-refractivity contribution < 1.29 is 4.79 Å². The van der Waals surface area contributed by atoms with Crippen molar-refractivity contribution in [2.75, 3.05) is 26.7 Å². The van der Waals surface area contributed by atoms with Crippen LogP contribution in [0.3, 0.4) is 0 Å². The van der Waals surface area contributed by atoms with Gasteiger partial charge in [-0.2, -0.15) is 0 Å². The first kappa shape index (κ1) is 13.9. The second-order valence-electron chi connectivity index (χ2n) is 5.61. The Bertz CT molecular complexity index is 484. The molecule has 0 radical (unpaired) electrons. The van der Waals surface area contributed by atoms with Crippen LogP contribution in [0.25, 0.3) is 0 Å². The van der Waals surface area contributed by atoms with Crippen LogP contribution in [0.15, 0.2) is 28.7 Å². The SMILES string of the molecule is CN1C(=O)N(C2CCCNC2)CC1c1ccc(Br)cc1. The van der Waals surface area contributed by atoms with Gasteiger partial charge in [0.15, 0.2) is 0 Å². The van der Waals surface area contributed by atoms with Gasteiger partial charge in [0, 0.05) is 30.7 Å². The molecule has 1 aromatic rings. The van der Waals surface area contributed by atoms with E-state index in [4.69, 9.17) is 0 Å². The zero-order valence-electron chi connectivity index (χ0n) is 11.7. The summed E-state index contributed by atoms with van der Waals surface area (Å²) in [7, 11) is 1.91. The highest BCUT2D eigenvalue weighted by Crippen LogP contribution is 2.31. The average molecular weight is 338 g/mol. The second kappa shape index (κ2) is 5.74. The number of rotatable bonds is 2. The zero-order valence-corrected chi connectivity index (χ0v) is 13.3. The van der Waals surface area contributed by atoms with Crippen LogP contribution in [0.5, 0.6) is 0 Å². The van der Waals surface area contributed by atoms with Crippen LogP contribution in [0.4, 0.5) is 4.79 Å². The lowest BCUT2D eigenvalue weighted by atomic mass is 10.0. The smallest absolute Gasteiger partial charge is 0.319 e. The summed E-state index contributed by atoms with van der Waals surface area (Å²) in [6.45, 7) is 2.79. The number of piperidine rings is 1. The van der Waals surface area contributed by atoms with Crippen molar-refractivity contribution in [2.24, 2.45) is 0 Å². The number of carbonyl (C=O) groups excluding carboxylic acids is 1. The molecule has 2 amide bonds. The average Bonchev–Trinajstić information content (AvgIpc) is 2.77. The molecule has 0 saturated carbocycles. The van der Waals surface area contributed by atoms with Gasteiger partial charge in [0.1, 0.15) is 0 Å². The number of nitrogens with one attached hydrogen (secondary N) is 1. The monoisotopic (exact) mass is 337 g/mol. The van der Waals surface area contributed by atoms with Gasteiger partial charge in [-0.05, 0) is 37.1 Å². The van der Waals surface area contributed by atoms with E-state index < -0.39 is 0 Å². The predicted octanol–water partition coefficient (Wildman–Crippen LogP) is 2.61. The Kier molecular flexibility index (Phi) is 3.98. The molecule has 0 aromatic heterocycles. The molecular weight excluding hydrogens is 318 g/mol. The molecule has 5 heteroatoms. The summed E-state index contributed by atoms with van der Waals surface area (Å²) in [6, 6.07) is 8.95. The number of urea groups is 1. The summed E-state index contributed by atoms with van der Waals surface area (Å²) in [4.78, 5) is 16.4. The quantitative estimate of drug-likeness (QED) is 0.900. The fourth-order valence-corrected chi connectivity index (χ4v) is 3.41. The van der Waals surface area contributed by atoms with E-state index in [9.17, 15) is 4.79 Å². The first-order valence-corrected chi connectivity index (χ1v) is 7.96. The Morgan fingerprint density at radius 2 is 2.05 bits per heavy atom. The van der Waals surface area contributed by atoms with Crippen molar-refractivity contribution in [1.29, 1.82) is 0 Å². The van der Waals surface area contributed by atoms with Gasteiger partial charge in [-0.1, -0.05) is 28.1 Å². The molecule has 0 bridgehead atoms. The molecule has 2 unspecified atom stereocenters. The number of nitrogens with zero attached hydrogens (tertiary/aromatic N) is 2. The fraction of sp³-hybridized carbons (Fsp3) is 0.533. The van der Waals surface area contributed by atoms with E-state index in [1.165, 1.54) is 5.56 Å². The summed E-state index contributed by atoms with van der Waals surface area (Å²) in [5, 5.41) is 3.39. The largest absolute Gasteiger partial charge is 0.320 e. The van der Waals surface area contributed by atoms with Gasteiger partial charge in [-0.25, -0.2) is 4.79 Å². The standard InChI is InChI=1S/C15H20BrN3O/c1-18-14(11-4-6-12(16)7-5-11)10-19(15(18)20)13-3-2-8-17-9-13/h4-7,13-14,17H,2-3,8-10H2,1H3. The van der Waals surface area contributed by atoms with E-state index in [0.29, 0.717) is 6.04 Å². The molecule has 1 aromatic carbocycles. The maximum Gasteiger partial charge on any atom is 0.320 e. The van der Waals surface area contributed by atoms with Gasteiger partial charge in [-0.15, -0.1) is 0 Å². The summed E-state index contributed by atoms with van der Waals surface area (Å²) < 4.78 is 1.07. The Hall–Kier alpha value is -1.07. The maximum atomic E-state index is 12.5. The summed E-state index contributed by atoms with van der Waals surface area (Å²) in [5.41, 5.74) is 1.20. The van der Waals surface area contributed by atoms with Crippen LogP contribution in [-0.4, -0.2) is 48.6 Å². The highest BCUT2D eigenvalue weighted by Gasteiger charge is 2.39. The summed E-state index contributed by atoms with van der Waals surface area (Å²) in [5.74, 6) is 0. The van der Waals surface area contributed by atoms with E-state index in [-0.39, 0.29) is 12.1 Å². The third kappa shape index (κ3) is 2.56. The van der Waals surface area contributed by atoms with Crippen LogP contribution in [-0.2, 0) is 0 Å². The Morgan fingerprint density at radius 1 is 1.30 bits per heavy atom. The Balaban J connectivity index is 1.77. The molecule has 0 aliphatic carbocycles. The number of hydrogen-bond donors (Lipinski definition) is 1. The van der Waals surface area contributed by atoms with Gasteiger partial charge in [-0.3, -0.25) is 0 Å². The topological polar surface area (TPSA) is 35.6 Å². The van der Waals surface area contributed by atoms with Crippen molar-refractivity contribution in [3.63, 3.8) is 0 Å². The normalized spacial score (nSPS) is 27.2. The molecule has 2 saturated heterocycles. The first-order chi connectivity index (χ1) is 9.66. The molecular formula is C15H20BrN3O. The van der Waals surface area contributed by atoms with Crippen LogP contribution in [0, 0.1) is 0 Å². The van der Waals surface area contributed by atoms with Crippen LogP contribution in [0.1, 0.15) is 24.4 Å². The lowest BCUT2D eigenvalue weighted by Crippen LogP contribution is -2.47. The molecule has 4 nitrogen and oxygen atoms in total. The van der Waals surface area contributed by atoms with Crippen molar-refractivity contribution in [2.45, 2.75) is 24.9 Å². The number of hydrogen-bond acceptors (Lipinski definition) is 2. The van der Waals surface area contributed by atoms with E-state index >= 15 is 0 Å². The molecule has 2 fully saturated rings. The van der Waals surface area contributed by atoms with Gasteiger partial charge in [0.05, 0.1) is 6.04 Å². The number of likely N-dealkylation sites (N-methyl/N-ethyl adjacent to an activating group) is 1. The molecule has 1 N–H and O–H groups in total. The van der Waals surface area contributed by atoms with Crippen molar-refractivity contribution >= 4 is 22.0 Å². The minimum atomic E-state index is 0.159. The highest BCUT2D eigenvalue weighted by molar-refractivity contribution is 9.10. The molecule has 0 spiro atoms. The third-order valence-corrected chi connectivity index (χ3v) is 4.88. The molecule has 2 aliphatic heterocycles. The molecule has 2 heterocycles.